The Labute approximate surface area is 114 Å². The lowest BCUT2D eigenvalue weighted by molar-refractivity contribution is 0.226. The van der Waals surface area contributed by atoms with E-state index in [1.54, 1.807) is 0 Å². The van der Waals surface area contributed by atoms with Crippen LogP contribution in [0.1, 0.15) is 64.2 Å². The SMILES string of the molecule is O=S(=O)(ON=C1CCCCC1)ON=C1CCCCC1. The lowest BCUT2D eigenvalue weighted by Gasteiger charge is -2.12. The molecule has 2 saturated carbocycles. The first-order valence-electron chi connectivity index (χ1n) is 6.89. The quantitative estimate of drug-likeness (QED) is 0.745. The number of oxime groups is 2. The van der Waals surface area contributed by atoms with E-state index < -0.39 is 10.4 Å². The summed E-state index contributed by atoms with van der Waals surface area (Å²) in [6.07, 6.45) is 9.64. The summed E-state index contributed by atoms with van der Waals surface area (Å²) in [5.74, 6) is 0. The van der Waals surface area contributed by atoms with Crippen LogP contribution in [0.3, 0.4) is 0 Å². The Morgan fingerprint density at radius 3 is 1.42 bits per heavy atom. The first kappa shape index (κ1) is 14.3. The van der Waals surface area contributed by atoms with Gasteiger partial charge >= 0.3 is 10.4 Å². The summed E-state index contributed by atoms with van der Waals surface area (Å²) < 4.78 is 31.9. The van der Waals surface area contributed by atoms with Gasteiger partial charge in [-0.1, -0.05) is 23.2 Å². The largest absolute Gasteiger partial charge is 0.542 e. The van der Waals surface area contributed by atoms with Crippen LogP contribution in [-0.4, -0.2) is 19.8 Å². The highest BCUT2D eigenvalue weighted by atomic mass is 32.3. The van der Waals surface area contributed by atoms with Gasteiger partial charge in [-0.25, -0.2) is 8.57 Å². The minimum absolute atomic E-state index is 0.781. The van der Waals surface area contributed by atoms with E-state index in [0.29, 0.717) is 0 Å². The van der Waals surface area contributed by atoms with Crippen molar-refractivity contribution in [1.29, 1.82) is 0 Å². The third kappa shape index (κ3) is 5.18. The van der Waals surface area contributed by atoms with Crippen molar-refractivity contribution in [3.8, 4) is 0 Å². The van der Waals surface area contributed by atoms with Crippen molar-refractivity contribution in [2.24, 2.45) is 10.3 Å². The summed E-state index contributed by atoms with van der Waals surface area (Å²) in [7, 11) is -4.16. The highest BCUT2D eigenvalue weighted by Gasteiger charge is 2.16. The van der Waals surface area contributed by atoms with Gasteiger partial charge in [0.25, 0.3) is 0 Å². The van der Waals surface area contributed by atoms with Gasteiger partial charge in [0, 0.05) is 0 Å². The van der Waals surface area contributed by atoms with Crippen molar-refractivity contribution in [3.05, 3.63) is 0 Å². The van der Waals surface area contributed by atoms with Crippen molar-refractivity contribution in [2.75, 3.05) is 0 Å². The molecule has 0 N–H and O–H groups in total. The summed E-state index contributed by atoms with van der Waals surface area (Å²) in [4.78, 5) is 0. The third-order valence-corrected chi connectivity index (χ3v) is 3.89. The van der Waals surface area contributed by atoms with Gasteiger partial charge in [0.15, 0.2) is 0 Å². The maximum absolute atomic E-state index is 11.5. The minimum Gasteiger partial charge on any atom is -0.237 e. The molecule has 2 aliphatic carbocycles. The van der Waals surface area contributed by atoms with Crippen molar-refractivity contribution in [2.45, 2.75) is 64.2 Å². The van der Waals surface area contributed by atoms with Crippen LogP contribution in [0.15, 0.2) is 10.3 Å². The molecular formula is C12H20N2O4S. The smallest absolute Gasteiger partial charge is 0.237 e. The molecule has 0 amide bonds. The van der Waals surface area contributed by atoms with Crippen molar-refractivity contribution in [3.63, 3.8) is 0 Å². The standard InChI is InChI=1S/C12H20N2O4S/c15-19(16,17-13-11-7-3-1-4-8-11)18-14-12-9-5-2-6-10-12/h1-10H2. The fraction of sp³-hybridized carbons (Fsp3) is 0.833. The summed E-state index contributed by atoms with van der Waals surface area (Å²) in [6.45, 7) is 0. The number of rotatable bonds is 4. The maximum Gasteiger partial charge on any atom is 0.542 e. The van der Waals surface area contributed by atoms with Crippen LogP contribution in [0.2, 0.25) is 0 Å². The van der Waals surface area contributed by atoms with E-state index in [0.717, 1.165) is 75.6 Å². The first-order chi connectivity index (χ1) is 9.16. The lowest BCUT2D eigenvalue weighted by atomic mass is 9.99. The molecule has 0 radical (unpaired) electrons. The average Bonchev–Trinajstić information content (AvgIpc) is 2.46. The Balaban J connectivity index is 1.84. The van der Waals surface area contributed by atoms with Crippen molar-refractivity contribution < 1.29 is 17.0 Å². The summed E-state index contributed by atoms with van der Waals surface area (Å²) in [6, 6.07) is 0. The molecular weight excluding hydrogens is 268 g/mol. The maximum atomic E-state index is 11.5. The van der Waals surface area contributed by atoms with Gasteiger partial charge in [0.05, 0.1) is 11.4 Å². The lowest BCUT2D eigenvalue weighted by Crippen LogP contribution is -2.11. The molecule has 0 aromatic heterocycles. The zero-order chi connectivity index (χ0) is 13.6. The zero-order valence-electron chi connectivity index (χ0n) is 11.0. The van der Waals surface area contributed by atoms with Crippen LogP contribution in [0.4, 0.5) is 0 Å². The van der Waals surface area contributed by atoms with Gasteiger partial charge in [-0.3, -0.25) is 0 Å². The zero-order valence-corrected chi connectivity index (χ0v) is 11.8. The van der Waals surface area contributed by atoms with E-state index in [1.807, 2.05) is 0 Å². The second-order valence-electron chi connectivity index (χ2n) is 4.99. The van der Waals surface area contributed by atoms with Gasteiger partial charge in [-0.15, -0.1) is 8.42 Å². The van der Waals surface area contributed by atoms with E-state index in [4.69, 9.17) is 0 Å². The van der Waals surface area contributed by atoms with Gasteiger partial charge in [-0.2, -0.15) is 0 Å². The molecule has 0 bridgehead atoms. The highest BCUT2D eigenvalue weighted by molar-refractivity contribution is 7.81. The van der Waals surface area contributed by atoms with Crippen molar-refractivity contribution in [1.82, 2.24) is 0 Å². The molecule has 7 heteroatoms. The van der Waals surface area contributed by atoms with E-state index in [-0.39, 0.29) is 0 Å². The summed E-state index contributed by atoms with van der Waals surface area (Å²) in [5, 5.41) is 7.31. The van der Waals surface area contributed by atoms with E-state index in [9.17, 15) is 8.42 Å². The number of hydrogen-bond donors (Lipinski definition) is 0. The Morgan fingerprint density at radius 1 is 0.684 bits per heavy atom. The van der Waals surface area contributed by atoms with Gasteiger partial charge in [-0.05, 0) is 51.4 Å². The van der Waals surface area contributed by atoms with E-state index in [1.165, 1.54) is 0 Å². The Hall–Kier alpha value is -1.11. The van der Waals surface area contributed by atoms with Crippen LogP contribution in [0.25, 0.3) is 0 Å². The Bertz CT molecular complexity index is 404. The van der Waals surface area contributed by atoms with Gasteiger partial charge in [0.2, 0.25) is 0 Å². The second-order valence-corrected chi connectivity index (χ2v) is 6.11. The molecule has 19 heavy (non-hydrogen) atoms. The molecule has 0 spiro atoms. The fourth-order valence-corrected chi connectivity index (χ4v) is 2.73. The second kappa shape index (κ2) is 6.88. The van der Waals surface area contributed by atoms with Crippen LogP contribution in [-0.2, 0) is 19.0 Å². The Kier molecular flexibility index (Phi) is 5.18. The molecule has 2 rings (SSSR count). The normalized spacial score (nSPS) is 20.8. The molecule has 0 saturated heterocycles. The molecule has 0 aliphatic heterocycles. The third-order valence-electron chi connectivity index (χ3n) is 3.38. The first-order valence-corrected chi connectivity index (χ1v) is 8.23. The number of hydrogen-bond acceptors (Lipinski definition) is 6. The van der Waals surface area contributed by atoms with Crippen LogP contribution in [0.5, 0.6) is 0 Å². The molecule has 2 aliphatic rings. The van der Waals surface area contributed by atoms with Crippen LogP contribution in [0, 0.1) is 0 Å². The topological polar surface area (TPSA) is 77.3 Å². The fourth-order valence-electron chi connectivity index (χ4n) is 2.31. The molecule has 0 unspecified atom stereocenters. The van der Waals surface area contributed by atoms with Crippen LogP contribution < -0.4 is 0 Å². The monoisotopic (exact) mass is 288 g/mol. The molecule has 0 aromatic carbocycles. The molecule has 108 valence electrons. The predicted molar refractivity (Wildman–Crippen MR) is 72.1 cm³/mol. The minimum atomic E-state index is -4.16. The van der Waals surface area contributed by atoms with E-state index >= 15 is 0 Å². The molecule has 0 aromatic rings. The highest BCUT2D eigenvalue weighted by Crippen LogP contribution is 2.17. The number of nitrogens with zero attached hydrogens (tertiary/aromatic N) is 2. The summed E-state index contributed by atoms with van der Waals surface area (Å²) >= 11 is 0. The predicted octanol–water partition coefficient (Wildman–Crippen LogP) is 2.90. The Morgan fingerprint density at radius 2 is 1.05 bits per heavy atom. The molecule has 2 fully saturated rings. The van der Waals surface area contributed by atoms with Crippen molar-refractivity contribution >= 4 is 21.8 Å². The molecule has 0 heterocycles. The van der Waals surface area contributed by atoms with Crippen LogP contribution >= 0.6 is 0 Å². The van der Waals surface area contributed by atoms with Gasteiger partial charge in [0.1, 0.15) is 0 Å². The summed E-state index contributed by atoms with van der Waals surface area (Å²) in [5.41, 5.74) is 1.56. The molecule has 6 nitrogen and oxygen atoms in total. The van der Waals surface area contributed by atoms with E-state index in [2.05, 4.69) is 18.9 Å². The average molecular weight is 288 g/mol. The van der Waals surface area contributed by atoms with Gasteiger partial charge < -0.3 is 0 Å². The molecule has 0 atom stereocenters.